The summed E-state index contributed by atoms with van der Waals surface area (Å²) in [5.41, 5.74) is 0.369. The minimum atomic E-state index is -1.26. The second-order valence-corrected chi connectivity index (χ2v) is 6.71. The number of carboxylic acids is 2. The first-order valence-electron chi connectivity index (χ1n) is 8.35. The van der Waals surface area contributed by atoms with Crippen molar-refractivity contribution in [1.29, 1.82) is 0 Å². The predicted molar refractivity (Wildman–Crippen MR) is 105 cm³/mol. The second kappa shape index (κ2) is 11.7. The van der Waals surface area contributed by atoms with Crippen LogP contribution in [-0.4, -0.2) is 54.3 Å². The molecule has 28 heavy (non-hydrogen) atoms. The van der Waals surface area contributed by atoms with E-state index in [-0.39, 0.29) is 5.91 Å². The lowest BCUT2D eigenvalue weighted by Gasteiger charge is -2.33. The zero-order valence-electron chi connectivity index (χ0n) is 15.2. The minimum Gasteiger partial charge on any atom is -0.478 e. The fraction of sp³-hybridized carbons (Fsp3) is 0.389. The topological polar surface area (TPSA) is 125 Å². The van der Waals surface area contributed by atoms with Gasteiger partial charge in [-0.1, -0.05) is 29.3 Å². The summed E-state index contributed by atoms with van der Waals surface area (Å²) >= 11 is 12.1. The molecule has 0 radical (unpaired) electrons. The molecule has 0 aromatic heterocycles. The summed E-state index contributed by atoms with van der Waals surface area (Å²) in [6.45, 7) is 4.11. The van der Waals surface area contributed by atoms with Crippen LogP contribution in [0.15, 0.2) is 30.4 Å². The molecule has 1 heterocycles. The molecule has 1 aliphatic rings. The number of hydrogen-bond acceptors (Lipinski definition) is 5. The van der Waals surface area contributed by atoms with Crippen LogP contribution in [0.25, 0.3) is 0 Å². The molecule has 0 saturated carbocycles. The maximum Gasteiger partial charge on any atom is 0.328 e. The van der Waals surface area contributed by atoms with Gasteiger partial charge in [0.05, 0.1) is 23.2 Å². The molecule has 4 N–H and O–H groups in total. The van der Waals surface area contributed by atoms with Gasteiger partial charge in [-0.15, -0.1) is 0 Å². The highest BCUT2D eigenvalue weighted by molar-refractivity contribution is 6.42. The van der Waals surface area contributed by atoms with E-state index in [1.807, 2.05) is 12.1 Å². The zero-order chi connectivity index (χ0) is 21.2. The lowest BCUT2D eigenvalue weighted by atomic mass is 9.90. The van der Waals surface area contributed by atoms with Crippen LogP contribution in [0.1, 0.15) is 18.9 Å². The Labute approximate surface area is 172 Å². The predicted octanol–water partition coefficient (Wildman–Crippen LogP) is 2.05. The molecule has 0 unspecified atom stereocenters. The van der Waals surface area contributed by atoms with Crippen molar-refractivity contribution in [3.63, 3.8) is 0 Å². The van der Waals surface area contributed by atoms with E-state index in [9.17, 15) is 14.4 Å². The summed E-state index contributed by atoms with van der Waals surface area (Å²) in [6.07, 6.45) is 1.87. The number of ether oxygens (including phenoxy) is 1. The van der Waals surface area contributed by atoms with Crippen LogP contribution in [0.2, 0.25) is 10.0 Å². The Morgan fingerprint density at radius 2 is 1.82 bits per heavy atom. The lowest BCUT2D eigenvalue weighted by molar-refractivity contribution is -0.134. The Kier molecular flexibility index (Phi) is 9.95. The summed E-state index contributed by atoms with van der Waals surface area (Å²) in [5, 5.41) is 22.8. The lowest BCUT2D eigenvalue weighted by Crippen LogP contribution is -2.42. The number of benzene rings is 1. The summed E-state index contributed by atoms with van der Waals surface area (Å²) < 4.78 is 6.04. The van der Waals surface area contributed by atoms with Gasteiger partial charge in [-0.25, -0.2) is 9.59 Å². The van der Waals surface area contributed by atoms with Crippen molar-refractivity contribution >= 4 is 41.0 Å². The van der Waals surface area contributed by atoms with E-state index in [0.29, 0.717) is 35.3 Å². The van der Waals surface area contributed by atoms with E-state index < -0.39 is 17.5 Å². The van der Waals surface area contributed by atoms with Gasteiger partial charge in [0.1, 0.15) is 5.60 Å². The molecule has 154 valence electrons. The van der Waals surface area contributed by atoms with Gasteiger partial charge in [-0.2, -0.15) is 0 Å². The number of carbonyl (C=O) groups is 3. The quantitative estimate of drug-likeness (QED) is 0.524. The van der Waals surface area contributed by atoms with E-state index >= 15 is 0 Å². The summed E-state index contributed by atoms with van der Waals surface area (Å²) in [5.74, 6) is -2.59. The Balaban J connectivity index is 0.000000416. The third-order valence-corrected chi connectivity index (χ3v) is 4.54. The number of hydrogen-bond donors (Lipinski definition) is 4. The van der Waals surface area contributed by atoms with Crippen molar-refractivity contribution in [2.24, 2.45) is 0 Å². The van der Waals surface area contributed by atoms with Crippen LogP contribution in [-0.2, 0) is 24.7 Å². The fourth-order valence-electron chi connectivity index (χ4n) is 2.46. The number of nitrogens with one attached hydrogen (secondary N) is 2. The van der Waals surface area contributed by atoms with Crippen molar-refractivity contribution in [3.8, 4) is 0 Å². The Morgan fingerprint density at radius 3 is 2.36 bits per heavy atom. The van der Waals surface area contributed by atoms with Crippen molar-refractivity contribution in [2.75, 3.05) is 26.2 Å². The molecule has 1 amide bonds. The molecule has 1 atom stereocenters. The number of amides is 1. The first-order valence-corrected chi connectivity index (χ1v) is 9.10. The second-order valence-electron chi connectivity index (χ2n) is 5.89. The average Bonchev–Trinajstić information content (AvgIpc) is 2.88. The molecule has 1 saturated heterocycles. The first kappa shape index (κ1) is 23.9. The van der Waals surface area contributed by atoms with Gasteiger partial charge < -0.3 is 25.6 Å². The Hall–Kier alpha value is -2.13. The van der Waals surface area contributed by atoms with E-state index in [1.165, 1.54) is 6.92 Å². The maximum absolute atomic E-state index is 11.2. The van der Waals surface area contributed by atoms with Crippen molar-refractivity contribution < 1.29 is 29.3 Å². The van der Waals surface area contributed by atoms with Crippen molar-refractivity contribution in [2.45, 2.75) is 18.9 Å². The molecule has 1 aromatic rings. The molecule has 0 spiro atoms. The number of aliphatic carboxylic acids is 2. The van der Waals surface area contributed by atoms with E-state index in [4.69, 9.17) is 38.2 Å². The van der Waals surface area contributed by atoms with Gasteiger partial charge in [0.2, 0.25) is 5.91 Å². The molecule has 0 aliphatic carbocycles. The normalized spacial score (nSPS) is 19.2. The minimum absolute atomic E-state index is 0.0785. The third-order valence-electron chi connectivity index (χ3n) is 3.80. The smallest absolute Gasteiger partial charge is 0.328 e. The van der Waals surface area contributed by atoms with Crippen molar-refractivity contribution in [3.05, 3.63) is 46.0 Å². The maximum atomic E-state index is 11.2. The monoisotopic (exact) mass is 432 g/mol. The van der Waals surface area contributed by atoms with Gasteiger partial charge in [-0.3, -0.25) is 4.79 Å². The van der Waals surface area contributed by atoms with Gasteiger partial charge in [0, 0.05) is 25.6 Å². The molecule has 1 aromatic carbocycles. The zero-order valence-corrected chi connectivity index (χ0v) is 16.7. The van der Waals surface area contributed by atoms with Gasteiger partial charge in [0.15, 0.2) is 0 Å². The number of halogens is 2. The van der Waals surface area contributed by atoms with Crippen LogP contribution >= 0.6 is 23.2 Å². The van der Waals surface area contributed by atoms with Gasteiger partial charge >= 0.3 is 11.9 Å². The first-order chi connectivity index (χ1) is 13.2. The van der Waals surface area contributed by atoms with Gasteiger partial charge in [-0.05, 0) is 30.7 Å². The Bertz CT molecular complexity index is 715. The molecule has 1 fully saturated rings. The third kappa shape index (κ3) is 8.26. The fourth-order valence-corrected chi connectivity index (χ4v) is 2.76. The Morgan fingerprint density at radius 1 is 1.18 bits per heavy atom. The van der Waals surface area contributed by atoms with Crippen LogP contribution in [0.5, 0.6) is 0 Å². The van der Waals surface area contributed by atoms with Gasteiger partial charge in [0.25, 0.3) is 0 Å². The summed E-state index contributed by atoms with van der Waals surface area (Å²) in [6, 6.07) is 5.48. The molecule has 0 bridgehead atoms. The number of carboxylic acid groups (broad SMARTS) is 2. The van der Waals surface area contributed by atoms with Crippen LogP contribution in [0.3, 0.4) is 0 Å². The number of rotatable bonds is 5. The van der Waals surface area contributed by atoms with Crippen LogP contribution in [0.4, 0.5) is 0 Å². The SMILES string of the molecule is CC(=O)NC[C@]1(c2ccc(Cl)c(Cl)c2)CCNCCO1.O=C(O)/C=C/C(=O)O. The largest absolute Gasteiger partial charge is 0.478 e. The van der Waals surface area contributed by atoms with Crippen LogP contribution in [0, 0.1) is 0 Å². The molecule has 1 aliphatic heterocycles. The highest BCUT2D eigenvalue weighted by Gasteiger charge is 2.34. The standard InChI is InChI=1S/C14H18Cl2N2O2.C4H4O4/c1-10(19)18-9-14(4-5-17-6-7-20-14)11-2-3-12(15)13(16)8-11;5-3(6)1-2-4(7)8/h2-3,8,17H,4-7,9H2,1H3,(H,18,19);1-2H,(H,5,6)(H,7,8)/b;2-1+/t14-;/m0./s1. The average molecular weight is 433 g/mol. The van der Waals surface area contributed by atoms with E-state index in [2.05, 4.69) is 10.6 Å². The molecular formula is C18H22Cl2N2O6. The van der Waals surface area contributed by atoms with E-state index in [0.717, 1.165) is 25.1 Å². The highest BCUT2D eigenvalue weighted by atomic mass is 35.5. The van der Waals surface area contributed by atoms with E-state index in [1.54, 1.807) is 6.07 Å². The van der Waals surface area contributed by atoms with Crippen LogP contribution < -0.4 is 10.6 Å². The number of carbonyl (C=O) groups excluding carboxylic acids is 1. The molecule has 10 heteroatoms. The molecular weight excluding hydrogens is 411 g/mol. The summed E-state index contributed by atoms with van der Waals surface area (Å²) in [4.78, 5) is 30.3. The highest BCUT2D eigenvalue weighted by Crippen LogP contribution is 2.34. The molecule has 2 rings (SSSR count). The van der Waals surface area contributed by atoms with Crippen molar-refractivity contribution in [1.82, 2.24) is 10.6 Å². The summed E-state index contributed by atoms with van der Waals surface area (Å²) in [7, 11) is 0. The molecule has 8 nitrogen and oxygen atoms in total.